The third-order valence-electron chi connectivity index (χ3n) is 6.01. The highest BCUT2D eigenvalue weighted by Crippen LogP contribution is 2.32. The highest BCUT2D eigenvalue weighted by Gasteiger charge is 2.31. The Hall–Kier alpha value is -2.00. The van der Waals surface area contributed by atoms with Crippen LogP contribution < -0.4 is 4.90 Å². The van der Waals surface area contributed by atoms with Gasteiger partial charge in [0.05, 0.1) is 15.6 Å². The molecule has 0 N–H and O–H groups in total. The largest absolute Gasteiger partial charge is 0.362 e. The van der Waals surface area contributed by atoms with Crippen LogP contribution >= 0.6 is 34.8 Å². The number of carbonyl (C=O) groups is 1. The van der Waals surface area contributed by atoms with E-state index in [2.05, 4.69) is 24.8 Å². The number of carbonyl (C=O) groups excluding carboxylic acids is 1. The van der Waals surface area contributed by atoms with Crippen LogP contribution in [-0.4, -0.2) is 29.9 Å². The molecule has 1 saturated heterocycles. The van der Waals surface area contributed by atoms with Crippen molar-refractivity contribution in [2.75, 3.05) is 18.0 Å². The van der Waals surface area contributed by atoms with Gasteiger partial charge in [-0.1, -0.05) is 55.1 Å². The Morgan fingerprint density at radius 1 is 1.25 bits per heavy atom. The summed E-state index contributed by atoms with van der Waals surface area (Å²) >= 11 is 18.5. The first-order valence-corrected chi connectivity index (χ1v) is 11.7. The summed E-state index contributed by atoms with van der Waals surface area (Å²) in [6.45, 7) is 5.68. The second-order valence-corrected chi connectivity index (χ2v) is 9.48. The van der Waals surface area contributed by atoms with E-state index in [4.69, 9.17) is 34.8 Å². The van der Waals surface area contributed by atoms with Gasteiger partial charge in [0.15, 0.2) is 0 Å². The number of benzene rings is 2. The molecule has 1 aliphatic heterocycles. The Balaban J connectivity index is 1.90. The van der Waals surface area contributed by atoms with Crippen LogP contribution in [-0.2, 0) is 11.3 Å². The molecule has 2 atom stereocenters. The molecular weight excluding hydrogens is 472 g/mol. The van der Waals surface area contributed by atoms with Crippen LogP contribution in [0.15, 0.2) is 30.3 Å². The van der Waals surface area contributed by atoms with Crippen LogP contribution in [0.2, 0.25) is 15.1 Å². The average Bonchev–Trinajstić information content (AvgIpc) is 3.25. The summed E-state index contributed by atoms with van der Waals surface area (Å²) in [5.74, 6) is -0.0540. The minimum atomic E-state index is -0.541. The minimum Gasteiger partial charge on any atom is -0.362 e. The molecule has 170 valence electrons. The fourth-order valence-electron chi connectivity index (χ4n) is 3.87. The van der Waals surface area contributed by atoms with E-state index in [1.54, 1.807) is 12.1 Å². The number of rotatable bonds is 7. The molecule has 8 heteroatoms. The SMILES string of the molecule is CCC(C)CC(=O)N1CC[C@H](N(Cc2cc(F)c(Cl)cc2Cl)c2ccc(C#N)c(Cl)c2)C1. The lowest BCUT2D eigenvalue weighted by molar-refractivity contribution is -0.131. The summed E-state index contributed by atoms with van der Waals surface area (Å²) in [5, 5.41) is 9.88. The van der Waals surface area contributed by atoms with Gasteiger partial charge in [0, 0.05) is 42.8 Å². The highest BCUT2D eigenvalue weighted by molar-refractivity contribution is 6.35. The number of nitrogens with zero attached hydrogens (tertiary/aromatic N) is 3. The fourth-order valence-corrected chi connectivity index (χ4v) is 4.53. The van der Waals surface area contributed by atoms with Crippen LogP contribution in [0, 0.1) is 23.1 Å². The van der Waals surface area contributed by atoms with Crippen molar-refractivity contribution < 1.29 is 9.18 Å². The van der Waals surface area contributed by atoms with E-state index in [-0.39, 0.29) is 17.0 Å². The normalized spacial score (nSPS) is 16.7. The molecule has 1 unspecified atom stereocenters. The quantitative estimate of drug-likeness (QED) is 0.401. The van der Waals surface area contributed by atoms with Crippen molar-refractivity contribution in [1.82, 2.24) is 4.90 Å². The molecule has 0 bridgehead atoms. The van der Waals surface area contributed by atoms with Crippen LogP contribution in [0.4, 0.5) is 10.1 Å². The van der Waals surface area contributed by atoms with Gasteiger partial charge in [-0.3, -0.25) is 4.79 Å². The van der Waals surface area contributed by atoms with Gasteiger partial charge >= 0.3 is 0 Å². The van der Waals surface area contributed by atoms with Crippen LogP contribution in [0.1, 0.15) is 44.2 Å². The number of likely N-dealkylation sites (tertiary alicyclic amines) is 1. The zero-order chi connectivity index (χ0) is 23.4. The summed E-state index contributed by atoms with van der Waals surface area (Å²) in [7, 11) is 0. The number of hydrogen-bond acceptors (Lipinski definition) is 3. The molecule has 0 radical (unpaired) electrons. The third-order valence-corrected chi connectivity index (χ3v) is 6.97. The molecule has 1 aliphatic rings. The van der Waals surface area contributed by atoms with Gasteiger partial charge in [-0.15, -0.1) is 0 Å². The maximum absolute atomic E-state index is 14.2. The van der Waals surface area contributed by atoms with E-state index in [0.29, 0.717) is 53.1 Å². The van der Waals surface area contributed by atoms with Crippen LogP contribution in [0.25, 0.3) is 0 Å². The first kappa shape index (κ1) is 24.6. The van der Waals surface area contributed by atoms with Crippen molar-refractivity contribution in [1.29, 1.82) is 5.26 Å². The molecule has 1 heterocycles. The van der Waals surface area contributed by atoms with E-state index in [9.17, 15) is 14.4 Å². The maximum Gasteiger partial charge on any atom is 0.222 e. The zero-order valence-corrected chi connectivity index (χ0v) is 20.3. The molecule has 0 saturated carbocycles. The van der Waals surface area contributed by atoms with E-state index in [0.717, 1.165) is 18.5 Å². The molecular formula is C24H25Cl3FN3O. The van der Waals surface area contributed by atoms with Gasteiger partial charge in [-0.25, -0.2) is 4.39 Å². The summed E-state index contributed by atoms with van der Waals surface area (Å²) in [4.78, 5) is 16.7. The number of anilines is 1. The third kappa shape index (κ3) is 5.67. The lowest BCUT2D eigenvalue weighted by Gasteiger charge is -2.32. The molecule has 1 fully saturated rings. The van der Waals surface area contributed by atoms with Crippen molar-refractivity contribution >= 4 is 46.4 Å². The standard InChI is InChI=1S/C24H25Cl3FN3O/c1-3-15(2)8-24(32)30-7-6-19(14-30)31(18-5-4-16(12-29)20(25)10-18)13-17-9-23(28)22(27)11-21(17)26/h4-5,9-11,15,19H,3,6-8,13-14H2,1-2H3/t15?,19-/m0/s1. The fraction of sp³-hybridized carbons (Fsp3) is 0.417. The number of halogens is 4. The molecule has 3 rings (SSSR count). The molecule has 0 aliphatic carbocycles. The Morgan fingerprint density at radius 3 is 2.66 bits per heavy atom. The zero-order valence-electron chi connectivity index (χ0n) is 18.0. The highest BCUT2D eigenvalue weighted by atomic mass is 35.5. The Bertz CT molecular complexity index is 1040. The Kier molecular flexibility index (Phi) is 8.27. The van der Waals surface area contributed by atoms with Gasteiger partial charge in [-0.2, -0.15) is 5.26 Å². The molecule has 4 nitrogen and oxygen atoms in total. The molecule has 1 amide bonds. The monoisotopic (exact) mass is 495 g/mol. The predicted molar refractivity (Wildman–Crippen MR) is 128 cm³/mol. The first-order chi connectivity index (χ1) is 15.2. The van der Waals surface area contributed by atoms with Gasteiger partial charge in [0.2, 0.25) is 5.91 Å². The topological polar surface area (TPSA) is 47.3 Å². The smallest absolute Gasteiger partial charge is 0.222 e. The summed E-state index contributed by atoms with van der Waals surface area (Å²) < 4.78 is 14.2. The van der Waals surface area contributed by atoms with Gasteiger partial charge < -0.3 is 9.80 Å². The van der Waals surface area contributed by atoms with Crippen molar-refractivity contribution in [3.63, 3.8) is 0 Å². The maximum atomic E-state index is 14.2. The van der Waals surface area contributed by atoms with Crippen molar-refractivity contribution in [2.45, 2.75) is 45.7 Å². The molecule has 2 aromatic carbocycles. The number of nitriles is 1. The summed E-state index contributed by atoms with van der Waals surface area (Å²) in [6.07, 6.45) is 2.25. The first-order valence-electron chi connectivity index (χ1n) is 10.6. The second kappa shape index (κ2) is 10.7. The number of amides is 1. The average molecular weight is 497 g/mol. The van der Waals surface area contributed by atoms with Gasteiger partial charge in [0.1, 0.15) is 11.9 Å². The van der Waals surface area contributed by atoms with E-state index >= 15 is 0 Å². The van der Waals surface area contributed by atoms with Crippen molar-refractivity contribution in [2.24, 2.45) is 5.92 Å². The van der Waals surface area contributed by atoms with Crippen LogP contribution in [0.3, 0.4) is 0 Å². The van der Waals surface area contributed by atoms with Crippen molar-refractivity contribution in [3.05, 3.63) is 62.3 Å². The molecule has 0 aromatic heterocycles. The van der Waals surface area contributed by atoms with E-state index in [1.807, 2.05) is 11.0 Å². The van der Waals surface area contributed by atoms with Gasteiger partial charge in [0.25, 0.3) is 0 Å². The number of hydrogen-bond donors (Lipinski definition) is 0. The van der Waals surface area contributed by atoms with E-state index in [1.165, 1.54) is 12.1 Å². The minimum absolute atomic E-state index is 0.00492. The van der Waals surface area contributed by atoms with Crippen molar-refractivity contribution in [3.8, 4) is 6.07 Å². The van der Waals surface area contributed by atoms with Crippen LogP contribution in [0.5, 0.6) is 0 Å². The second-order valence-electron chi connectivity index (χ2n) is 8.26. The Labute approximate surface area is 203 Å². The lowest BCUT2D eigenvalue weighted by Crippen LogP contribution is -2.39. The summed E-state index contributed by atoms with van der Waals surface area (Å²) in [6, 6.07) is 9.99. The Morgan fingerprint density at radius 2 is 2.00 bits per heavy atom. The lowest BCUT2D eigenvalue weighted by atomic mass is 10.0. The molecule has 2 aromatic rings. The van der Waals surface area contributed by atoms with E-state index < -0.39 is 5.82 Å². The molecule has 32 heavy (non-hydrogen) atoms. The van der Waals surface area contributed by atoms with Gasteiger partial charge in [-0.05, 0) is 48.2 Å². The predicted octanol–water partition coefficient (Wildman–Crippen LogP) is 6.70. The summed E-state index contributed by atoms with van der Waals surface area (Å²) in [5.41, 5.74) is 1.74. The molecule has 0 spiro atoms.